The first-order valence-corrected chi connectivity index (χ1v) is 12.1. The highest BCUT2D eigenvalue weighted by atomic mass is 35.5. The van der Waals surface area contributed by atoms with Crippen LogP contribution in [0.4, 0.5) is 5.82 Å². The molecule has 2 amide bonds. The predicted octanol–water partition coefficient (Wildman–Crippen LogP) is 4.29. The van der Waals surface area contributed by atoms with Crippen molar-refractivity contribution in [2.75, 3.05) is 50.8 Å². The van der Waals surface area contributed by atoms with Gasteiger partial charge in [-0.3, -0.25) is 9.59 Å². The lowest BCUT2D eigenvalue weighted by atomic mass is 10.1. The number of amides is 2. The number of unbranched alkanes of at least 4 members (excludes halogenated alkanes) is 1. The van der Waals surface area contributed by atoms with Gasteiger partial charge in [0, 0.05) is 67.7 Å². The van der Waals surface area contributed by atoms with E-state index in [2.05, 4.69) is 22.1 Å². The van der Waals surface area contributed by atoms with Crippen LogP contribution in [0, 0.1) is 0 Å². The van der Waals surface area contributed by atoms with E-state index in [-0.39, 0.29) is 11.8 Å². The van der Waals surface area contributed by atoms with Crippen LogP contribution < -0.4 is 10.2 Å². The van der Waals surface area contributed by atoms with Crippen molar-refractivity contribution in [3.63, 3.8) is 0 Å². The van der Waals surface area contributed by atoms with Crippen LogP contribution in [0.25, 0.3) is 0 Å². The van der Waals surface area contributed by atoms with Gasteiger partial charge in [0.1, 0.15) is 5.82 Å². The number of anilines is 1. The number of hydrogen-bond donors (Lipinski definition) is 1. The maximum absolute atomic E-state index is 12.8. The number of hydrogen-bond acceptors (Lipinski definition) is 5. The second kappa shape index (κ2) is 12.8. The molecule has 1 fully saturated rings. The van der Waals surface area contributed by atoms with Gasteiger partial charge < -0.3 is 19.9 Å². The fourth-order valence-electron chi connectivity index (χ4n) is 3.53. The zero-order valence-electron chi connectivity index (χ0n) is 18.9. The van der Waals surface area contributed by atoms with Crippen LogP contribution in [0.2, 0.25) is 10.0 Å². The van der Waals surface area contributed by atoms with Crippen molar-refractivity contribution in [2.24, 2.45) is 0 Å². The highest BCUT2D eigenvalue weighted by molar-refractivity contribution is 6.35. The quantitative estimate of drug-likeness (QED) is 0.500. The van der Waals surface area contributed by atoms with E-state index in [9.17, 15) is 9.59 Å². The van der Waals surface area contributed by atoms with Gasteiger partial charge in [-0.05, 0) is 43.2 Å². The number of nitrogens with zero attached hydrogens (tertiary/aromatic N) is 3. The lowest BCUT2D eigenvalue weighted by Gasteiger charge is -2.35. The number of rotatable bonds is 10. The Morgan fingerprint density at radius 3 is 2.33 bits per heavy atom. The molecule has 1 aromatic heterocycles. The molecule has 3 rings (SSSR count). The summed E-state index contributed by atoms with van der Waals surface area (Å²) < 4.78 is 5.50. The molecule has 1 aromatic carbocycles. The fraction of sp³-hybridized carbons (Fsp3) is 0.458. The van der Waals surface area contributed by atoms with E-state index in [1.54, 1.807) is 35.4 Å². The van der Waals surface area contributed by atoms with Gasteiger partial charge in [-0.2, -0.15) is 0 Å². The number of piperazine rings is 1. The molecule has 9 heteroatoms. The zero-order chi connectivity index (χ0) is 23.6. The number of pyridine rings is 1. The van der Waals surface area contributed by atoms with Gasteiger partial charge in [-0.15, -0.1) is 0 Å². The monoisotopic (exact) mass is 492 g/mol. The standard InChI is InChI=1S/C24H30Cl2N4O3/c1-2-3-12-33-13-4-7-27-23(31)18-5-6-22(28-17-18)29-8-10-30(11-9-29)24(32)19-14-20(25)16-21(26)15-19/h5-6,14-17H,2-4,7-13H2,1H3,(H,27,31). The largest absolute Gasteiger partial charge is 0.381 e. The van der Waals surface area contributed by atoms with E-state index in [1.807, 2.05) is 6.07 Å². The second-order valence-corrected chi connectivity index (χ2v) is 8.79. The molecular formula is C24H30Cl2N4O3. The van der Waals surface area contributed by atoms with E-state index in [1.165, 1.54) is 0 Å². The maximum atomic E-state index is 12.8. The Balaban J connectivity index is 1.44. The highest BCUT2D eigenvalue weighted by Crippen LogP contribution is 2.21. The minimum Gasteiger partial charge on any atom is -0.381 e. The summed E-state index contributed by atoms with van der Waals surface area (Å²) >= 11 is 12.0. The molecule has 2 aromatic rings. The third kappa shape index (κ3) is 7.59. The first-order chi connectivity index (χ1) is 16.0. The molecule has 0 atom stereocenters. The minimum atomic E-state index is -0.141. The first-order valence-electron chi connectivity index (χ1n) is 11.3. The predicted molar refractivity (Wildman–Crippen MR) is 131 cm³/mol. The summed E-state index contributed by atoms with van der Waals surface area (Å²) in [6.07, 6.45) is 4.55. The molecule has 0 unspecified atom stereocenters. The summed E-state index contributed by atoms with van der Waals surface area (Å²) in [6, 6.07) is 8.49. The molecule has 0 spiro atoms. The molecular weight excluding hydrogens is 463 g/mol. The van der Waals surface area contributed by atoms with Gasteiger partial charge in [-0.25, -0.2) is 4.98 Å². The molecule has 33 heavy (non-hydrogen) atoms. The summed E-state index contributed by atoms with van der Waals surface area (Å²) in [7, 11) is 0. The normalized spacial score (nSPS) is 13.8. The number of carbonyl (C=O) groups is 2. The lowest BCUT2D eigenvalue weighted by Crippen LogP contribution is -2.49. The number of carbonyl (C=O) groups excluding carboxylic acids is 2. The Kier molecular flexibility index (Phi) is 9.78. The van der Waals surface area contributed by atoms with Crippen molar-refractivity contribution in [2.45, 2.75) is 26.2 Å². The minimum absolute atomic E-state index is 0.0882. The summed E-state index contributed by atoms with van der Waals surface area (Å²) in [5.41, 5.74) is 1.01. The Hall–Kier alpha value is -2.35. The van der Waals surface area contributed by atoms with Gasteiger partial charge in [0.2, 0.25) is 0 Å². The van der Waals surface area contributed by atoms with Crippen molar-refractivity contribution >= 4 is 40.8 Å². The van der Waals surface area contributed by atoms with Crippen LogP contribution in [0.5, 0.6) is 0 Å². The summed E-state index contributed by atoms with van der Waals surface area (Å²) in [5, 5.41) is 3.78. The molecule has 1 aliphatic heterocycles. The van der Waals surface area contributed by atoms with E-state index in [0.29, 0.717) is 60.5 Å². The van der Waals surface area contributed by atoms with Crippen molar-refractivity contribution in [1.82, 2.24) is 15.2 Å². The molecule has 178 valence electrons. The Labute approximate surface area is 205 Å². The summed E-state index contributed by atoms with van der Waals surface area (Å²) in [6.45, 7) is 6.54. The van der Waals surface area contributed by atoms with Crippen molar-refractivity contribution in [3.05, 3.63) is 57.7 Å². The van der Waals surface area contributed by atoms with Crippen LogP contribution in [0.3, 0.4) is 0 Å². The molecule has 1 aliphatic rings. The Morgan fingerprint density at radius 1 is 1.00 bits per heavy atom. The molecule has 7 nitrogen and oxygen atoms in total. The van der Waals surface area contributed by atoms with Crippen molar-refractivity contribution < 1.29 is 14.3 Å². The number of ether oxygens (including phenoxy) is 1. The summed E-state index contributed by atoms with van der Waals surface area (Å²) in [5.74, 6) is 0.557. The molecule has 1 saturated heterocycles. The second-order valence-electron chi connectivity index (χ2n) is 7.92. The van der Waals surface area contributed by atoms with Crippen molar-refractivity contribution in [1.29, 1.82) is 0 Å². The molecule has 0 bridgehead atoms. The van der Waals surface area contributed by atoms with Gasteiger partial charge in [0.25, 0.3) is 11.8 Å². The van der Waals surface area contributed by atoms with Gasteiger partial charge in [-0.1, -0.05) is 36.5 Å². The van der Waals surface area contributed by atoms with Crippen LogP contribution in [0.1, 0.15) is 46.9 Å². The SMILES string of the molecule is CCCCOCCCNC(=O)c1ccc(N2CCN(C(=O)c3cc(Cl)cc(Cl)c3)CC2)nc1. The lowest BCUT2D eigenvalue weighted by molar-refractivity contribution is 0.0746. The van der Waals surface area contributed by atoms with Crippen LogP contribution in [-0.2, 0) is 4.74 Å². The van der Waals surface area contributed by atoms with Gasteiger partial charge >= 0.3 is 0 Å². The van der Waals surface area contributed by atoms with Gasteiger partial charge in [0.05, 0.1) is 5.56 Å². The number of aromatic nitrogens is 1. The topological polar surface area (TPSA) is 74.8 Å². The zero-order valence-corrected chi connectivity index (χ0v) is 20.4. The van der Waals surface area contributed by atoms with Crippen LogP contribution in [-0.4, -0.2) is 67.6 Å². The molecule has 1 N–H and O–H groups in total. The number of nitrogens with one attached hydrogen (secondary N) is 1. The first kappa shape index (κ1) is 25.3. The Bertz CT molecular complexity index is 912. The average Bonchev–Trinajstić information content (AvgIpc) is 2.82. The molecule has 2 heterocycles. The smallest absolute Gasteiger partial charge is 0.254 e. The van der Waals surface area contributed by atoms with Crippen LogP contribution >= 0.6 is 23.2 Å². The van der Waals surface area contributed by atoms with E-state index < -0.39 is 0 Å². The van der Waals surface area contributed by atoms with Crippen molar-refractivity contribution in [3.8, 4) is 0 Å². The third-order valence-corrected chi connectivity index (χ3v) is 5.84. The fourth-order valence-corrected chi connectivity index (χ4v) is 4.06. The van der Waals surface area contributed by atoms with Crippen LogP contribution in [0.15, 0.2) is 36.5 Å². The number of benzene rings is 1. The Morgan fingerprint density at radius 2 is 1.70 bits per heavy atom. The molecule has 0 saturated carbocycles. The molecule has 0 radical (unpaired) electrons. The van der Waals surface area contributed by atoms with E-state index >= 15 is 0 Å². The number of halogens is 2. The average molecular weight is 493 g/mol. The van der Waals surface area contributed by atoms with E-state index in [4.69, 9.17) is 27.9 Å². The third-order valence-electron chi connectivity index (χ3n) is 5.40. The van der Waals surface area contributed by atoms with Gasteiger partial charge in [0.15, 0.2) is 0 Å². The summed E-state index contributed by atoms with van der Waals surface area (Å²) in [4.78, 5) is 33.4. The highest BCUT2D eigenvalue weighted by Gasteiger charge is 2.23. The maximum Gasteiger partial charge on any atom is 0.254 e. The van der Waals surface area contributed by atoms with E-state index in [0.717, 1.165) is 31.7 Å². The molecule has 0 aliphatic carbocycles.